The third-order valence-electron chi connectivity index (χ3n) is 7.57. The number of hydrogen-bond donors (Lipinski definition) is 2. The minimum absolute atomic E-state index is 0.00106. The predicted octanol–water partition coefficient (Wildman–Crippen LogP) is 2.33. The Kier molecular flexibility index (Phi) is 3.68. The number of anilines is 2. The van der Waals surface area contributed by atoms with E-state index < -0.39 is 0 Å². The van der Waals surface area contributed by atoms with Gasteiger partial charge in [0.15, 0.2) is 0 Å². The van der Waals surface area contributed by atoms with Gasteiger partial charge in [0.2, 0.25) is 5.91 Å². The molecule has 4 saturated carbocycles. The monoisotopic (exact) mass is 368 g/mol. The van der Waals surface area contributed by atoms with Gasteiger partial charge in [0.25, 0.3) is 0 Å². The molecule has 6 rings (SSSR count). The fourth-order valence-corrected chi connectivity index (χ4v) is 6.50. The van der Waals surface area contributed by atoms with Gasteiger partial charge in [-0.1, -0.05) is 12.1 Å². The van der Waals surface area contributed by atoms with Crippen molar-refractivity contribution >= 4 is 23.3 Å². The molecule has 1 aromatic rings. The number of nitrogens with zero attached hydrogens (tertiary/aromatic N) is 2. The highest BCUT2D eigenvalue weighted by Gasteiger charge is 2.58. The molecule has 6 heteroatoms. The lowest BCUT2D eigenvalue weighted by Gasteiger charge is -2.59. The number of fused-ring (bicyclic) bond motifs is 1. The van der Waals surface area contributed by atoms with Gasteiger partial charge in [-0.05, 0) is 62.0 Å². The Hall–Kier alpha value is -2.24. The van der Waals surface area contributed by atoms with Crippen molar-refractivity contribution in [3.8, 4) is 0 Å². The summed E-state index contributed by atoms with van der Waals surface area (Å²) in [4.78, 5) is 29.4. The summed E-state index contributed by atoms with van der Waals surface area (Å²) in [5.41, 5.74) is 7.54. The number of likely N-dealkylation sites (N-methyl/N-ethyl adjacent to an activating group) is 1. The number of carbonyl (C=O) groups excluding carboxylic acids is 2. The zero-order chi connectivity index (χ0) is 18.8. The Bertz CT molecular complexity index is 778. The van der Waals surface area contributed by atoms with Gasteiger partial charge in [-0.2, -0.15) is 0 Å². The van der Waals surface area contributed by atoms with Crippen LogP contribution >= 0.6 is 0 Å². The largest absolute Gasteiger partial charge is 0.371 e. The number of benzene rings is 1. The van der Waals surface area contributed by atoms with E-state index in [0.29, 0.717) is 24.3 Å². The topological polar surface area (TPSA) is 78.7 Å². The third-order valence-corrected chi connectivity index (χ3v) is 7.57. The molecule has 3 N–H and O–H groups in total. The molecular formula is C21H28N4O2. The lowest BCUT2D eigenvalue weighted by atomic mass is 9.47. The Balaban J connectivity index is 1.36. The van der Waals surface area contributed by atoms with Gasteiger partial charge in [0.05, 0.1) is 11.4 Å². The summed E-state index contributed by atoms with van der Waals surface area (Å²) >= 11 is 0. The Morgan fingerprint density at radius 3 is 2.41 bits per heavy atom. The number of amides is 3. The van der Waals surface area contributed by atoms with Gasteiger partial charge in [0, 0.05) is 31.6 Å². The van der Waals surface area contributed by atoms with Crippen molar-refractivity contribution in [2.45, 2.75) is 38.1 Å². The standard InChI is InChI=1S/C21H28N4O2/c1-24-6-7-25(17-5-3-2-4-16(17)24)20(27)23-18-14-8-13-9-15(18)12-21(10-13,11-14)19(22)26/h2-5,13-15,18H,6-12H2,1H3,(H2,22,26)(H,23,27). The lowest BCUT2D eigenvalue weighted by molar-refractivity contribution is -0.145. The summed E-state index contributed by atoms with van der Waals surface area (Å²) in [5.74, 6) is 1.25. The van der Waals surface area contributed by atoms with Gasteiger partial charge in [-0.15, -0.1) is 0 Å². The summed E-state index contributed by atoms with van der Waals surface area (Å²) < 4.78 is 0. The third kappa shape index (κ3) is 2.52. The first-order chi connectivity index (χ1) is 13.0. The second-order valence-electron chi connectivity index (χ2n) is 9.15. The molecule has 27 heavy (non-hydrogen) atoms. The maximum atomic E-state index is 13.2. The van der Waals surface area contributed by atoms with E-state index in [2.05, 4.69) is 23.3 Å². The number of urea groups is 1. The van der Waals surface area contributed by atoms with Crippen molar-refractivity contribution in [3.05, 3.63) is 24.3 Å². The SMILES string of the molecule is CN1CCN(C(=O)NC2C3CC4CC2CC(C(N)=O)(C4)C3)c2ccccc21. The molecule has 1 heterocycles. The number of hydrogen-bond acceptors (Lipinski definition) is 3. The van der Waals surface area contributed by atoms with Crippen molar-refractivity contribution in [3.63, 3.8) is 0 Å². The Morgan fingerprint density at radius 1 is 1.07 bits per heavy atom. The summed E-state index contributed by atoms with van der Waals surface area (Å²) in [6, 6.07) is 8.25. The minimum atomic E-state index is -0.307. The molecule has 0 spiro atoms. The molecule has 144 valence electrons. The van der Waals surface area contributed by atoms with Gasteiger partial charge in [0.1, 0.15) is 0 Å². The quantitative estimate of drug-likeness (QED) is 0.841. The molecule has 3 amide bonds. The number of primary amides is 1. The van der Waals surface area contributed by atoms with Gasteiger partial charge in [-0.3, -0.25) is 9.69 Å². The van der Waals surface area contributed by atoms with Crippen molar-refractivity contribution in [1.82, 2.24) is 5.32 Å². The number of para-hydroxylation sites is 2. The second kappa shape index (κ2) is 5.88. The average molecular weight is 368 g/mol. The minimum Gasteiger partial charge on any atom is -0.371 e. The second-order valence-corrected chi connectivity index (χ2v) is 9.15. The fourth-order valence-electron chi connectivity index (χ4n) is 6.50. The molecule has 4 fully saturated rings. The molecule has 1 aromatic carbocycles. The van der Waals surface area contributed by atoms with Crippen molar-refractivity contribution in [1.29, 1.82) is 0 Å². The molecule has 2 atom stereocenters. The van der Waals surface area contributed by atoms with Crippen molar-refractivity contribution in [2.24, 2.45) is 28.9 Å². The van der Waals surface area contributed by atoms with E-state index in [1.54, 1.807) is 0 Å². The number of nitrogens with one attached hydrogen (secondary N) is 1. The van der Waals surface area contributed by atoms with Crippen LogP contribution in [0.5, 0.6) is 0 Å². The number of nitrogens with two attached hydrogens (primary N) is 1. The van der Waals surface area contributed by atoms with Crippen LogP contribution in [0, 0.1) is 23.2 Å². The predicted molar refractivity (Wildman–Crippen MR) is 105 cm³/mol. The molecular weight excluding hydrogens is 340 g/mol. The van der Waals surface area contributed by atoms with E-state index in [9.17, 15) is 9.59 Å². The molecule has 4 bridgehead atoms. The summed E-state index contributed by atoms with van der Waals surface area (Å²) in [5, 5.41) is 3.36. The van der Waals surface area contributed by atoms with Crippen LogP contribution in [-0.4, -0.2) is 38.1 Å². The van der Waals surface area contributed by atoms with Crippen molar-refractivity contribution < 1.29 is 9.59 Å². The molecule has 0 saturated heterocycles. The molecule has 0 radical (unpaired) electrons. The zero-order valence-electron chi connectivity index (χ0n) is 15.9. The maximum Gasteiger partial charge on any atom is 0.322 e. The first-order valence-corrected chi connectivity index (χ1v) is 10.1. The van der Waals surface area contributed by atoms with E-state index in [0.717, 1.165) is 50.0 Å². The Labute approximate surface area is 160 Å². The van der Waals surface area contributed by atoms with Crippen LogP contribution in [0.3, 0.4) is 0 Å². The van der Waals surface area contributed by atoms with Crippen LogP contribution < -0.4 is 20.9 Å². The van der Waals surface area contributed by atoms with Crippen LogP contribution in [0.4, 0.5) is 16.2 Å². The Morgan fingerprint density at radius 2 is 1.74 bits per heavy atom. The smallest absolute Gasteiger partial charge is 0.322 e. The number of carbonyl (C=O) groups is 2. The number of rotatable bonds is 2. The summed E-state index contributed by atoms with van der Waals surface area (Å²) in [6.07, 6.45) is 4.90. The average Bonchev–Trinajstić information content (AvgIpc) is 2.64. The molecule has 5 aliphatic rings. The lowest BCUT2D eigenvalue weighted by Crippen LogP contribution is -2.63. The zero-order valence-corrected chi connectivity index (χ0v) is 15.9. The van der Waals surface area contributed by atoms with Crippen LogP contribution in [0.25, 0.3) is 0 Å². The highest BCUT2D eigenvalue weighted by molar-refractivity contribution is 5.97. The highest BCUT2D eigenvalue weighted by atomic mass is 16.2. The molecule has 1 aliphatic heterocycles. The molecule has 6 nitrogen and oxygen atoms in total. The van der Waals surface area contributed by atoms with Crippen molar-refractivity contribution in [2.75, 3.05) is 29.9 Å². The van der Waals surface area contributed by atoms with Crippen LogP contribution in [0.1, 0.15) is 32.1 Å². The normalized spacial score (nSPS) is 36.5. The van der Waals surface area contributed by atoms with Crippen LogP contribution in [-0.2, 0) is 4.79 Å². The fraction of sp³-hybridized carbons (Fsp3) is 0.619. The summed E-state index contributed by atoms with van der Waals surface area (Å²) in [6.45, 7) is 1.52. The highest BCUT2D eigenvalue weighted by Crippen LogP contribution is 2.59. The first-order valence-electron chi connectivity index (χ1n) is 10.1. The van der Waals surface area contributed by atoms with Gasteiger partial charge >= 0.3 is 6.03 Å². The van der Waals surface area contributed by atoms with E-state index in [4.69, 9.17) is 5.73 Å². The van der Waals surface area contributed by atoms with E-state index in [1.165, 1.54) is 0 Å². The maximum absolute atomic E-state index is 13.2. The van der Waals surface area contributed by atoms with E-state index in [1.807, 2.05) is 23.1 Å². The molecule has 2 unspecified atom stereocenters. The van der Waals surface area contributed by atoms with E-state index in [-0.39, 0.29) is 23.4 Å². The molecule has 0 aromatic heterocycles. The van der Waals surface area contributed by atoms with E-state index >= 15 is 0 Å². The van der Waals surface area contributed by atoms with Crippen LogP contribution in [0.15, 0.2) is 24.3 Å². The van der Waals surface area contributed by atoms with Gasteiger partial charge in [-0.25, -0.2) is 4.79 Å². The van der Waals surface area contributed by atoms with Crippen LogP contribution in [0.2, 0.25) is 0 Å². The first kappa shape index (κ1) is 16.9. The van der Waals surface area contributed by atoms with Gasteiger partial charge < -0.3 is 16.0 Å². The summed E-state index contributed by atoms with van der Waals surface area (Å²) in [7, 11) is 2.06. The molecule has 4 aliphatic carbocycles.